The van der Waals surface area contributed by atoms with Crippen molar-refractivity contribution in [2.24, 2.45) is 0 Å². The number of nitrogens with zero attached hydrogens (tertiary/aromatic N) is 2. The van der Waals surface area contributed by atoms with E-state index in [9.17, 15) is 14.4 Å². The molecule has 1 aliphatic heterocycles. The van der Waals surface area contributed by atoms with Crippen LogP contribution in [0.2, 0.25) is 0 Å². The van der Waals surface area contributed by atoms with Crippen LogP contribution in [0.5, 0.6) is 0 Å². The van der Waals surface area contributed by atoms with E-state index in [1.54, 1.807) is 31.4 Å². The molecule has 2 aromatic rings. The summed E-state index contributed by atoms with van der Waals surface area (Å²) in [6.45, 7) is 2.79. The standard InChI is InChI=1S/C25H28N4O5/c1-26-23(30)22(24(31)27-33)28(2)25(32)20-12-10-18(11-13-20)5-4-17-6-8-19(9-7-17)14-29-15-21(16-29)34-3/h6-13,21-22,33H,14-16H2,1-3H3,(H,26,30)(H,27,31). The molecular formula is C25H28N4O5. The summed E-state index contributed by atoms with van der Waals surface area (Å²) < 4.78 is 5.30. The summed E-state index contributed by atoms with van der Waals surface area (Å²) in [5.41, 5.74) is 4.50. The highest BCUT2D eigenvalue weighted by Gasteiger charge is 2.33. The summed E-state index contributed by atoms with van der Waals surface area (Å²) in [6, 6.07) is 13.1. The first-order valence-electron chi connectivity index (χ1n) is 10.7. The number of rotatable bonds is 7. The highest BCUT2D eigenvalue weighted by Crippen LogP contribution is 2.15. The van der Waals surface area contributed by atoms with Crippen LogP contribution in [0.3, 0.4) is 0 Å². The Hall–Kier alpha value is -3.71. The summed E-state index contributed by atoms with van der Waals surface area (Å²) in [4.78, 5) is 39.8. The van der Waals surface area contributed by atoms with Gasteiger partial charge in [-0.2, -0.15) is 0 Å². The monoisotopic (exact) mass is 464 g/mol. The van der Waals surface area contributed by atoms with Crippen molar-refractivity contribution in [1.29, 1.82) is 0 Å². The molecule has 0 aliphatic carbocycles. The highest BCUT2D eigenvalue weighted by atomic mass is 16.5. The molecule has 1 heterocycles. The Morgan fingerprint density at radius 1 is 1.06 bits per heavy atom. The second kappa shape index (κ2) is 11.4. The van der Waals surface area contributed by atoms with Crippen LogP contribution in [0.15, 0.2) is 48.5 Å². The minimum absolute atomic E-state index is 0.277. The molecule has 1 atom stereocenters. The summed E-state index contributed by atoms with van der Waals surface area (Å²) >= 11 is 0. The van der Waals surface area contributed by atoms with Gasteiger partial charge in [0, 0.05) is 57.5 Å². The SMILES string of the molecule is CNC(=O)C(C(=O)NO)N(C)C(=O)c1ccc(C#Cc2ccc(CN3CC(OC)C3)cc2)cc1. The van der Waals surface area contributed by atoms with Crippen molar-refractivity contribution >= 4 is 17.7 Å². The second-order valence-corrected chi connectivity index (χ2v) is 7.98. The van der Waals surface area contributed by atoms with Gasteiger partial charge in [-0.05, 0) is 42.0 Å². The van der Waals surface area contributed by atoms with Crippen LogP contribution in [0.1, 0.15) is 27.0 Å². The smallest absolute Gasteiger partial charge is 0.275 e. The molecule has 2 aromatic carbocycles. The molecular weight excluding hydrogens is 436 g/mol. The maximum absolute atomic E-state index is 12.7. The van der Waals surface area contributed by atoms with Crippen LogP contribution in [-0.2, 0) is 20.9 Å². The highest BCUT2D eigenvalue weighted by molar-refractivity contribution is 6.08. The molecule has 0 bridgehead atoms. The lowest BCUT2D eigenvalue weighted by atomic mass is 10.1. The Morgan fingerprint density at radius 3 is 2.12 bits per heavy atom. The van der Waals surface area contributed by atoms with E-state index in [-0.39, 0.29) is 5.56 Å². The van der Waals surface area contributed by atoms with Crippen LogP contribution in [0.4, 0.5) is 0 Å². The van der Waals surface area contributed by atoms with Crippen LogP contribution < -0.4 is 10.8 Å². The number of carbonyl (C=O) groups excluding carboxylic acids is 3. The van der Waals surface area contributed by atoms with E-state index in [0.717, 1.165) is 30.1 Å². The largest absolute Gasteiger partial charge is 0.379 e. The first kappa shape index (κ1) is 24.9. The molecule has 1 unspecified atom stereocenters. The van der Waals surface area contributed by atoms with E-state index in [1.807, 2.05) is 12.1 Å². The first-order valence-corrected chi connectivity index (χ1v) is 10.7. The Kier molecular flexibility index (Phi) is 8.38. The zero-order chi connectivity index (χ0) is 24.7. The van der Waals surface area contributed by atoms with Gasteiger partial charge in [0.2, 0.25) is 0 Å². The van der Waals surface area contributed by atoms with E-state index >= 15 is 0 Å². The number of methoxy groups -OCH3 is 1. The van der Waals surface area contributed by atoms with Gasteiger partial charge in [-0.25, -0.2) is 5.48 Å². The van der Waals surface area contributed by atoms with Crippen LogP contribution >= 0.6 is 0 Å². The van der Waals surface area contributed by atoms with Gasteiger partial charge in [0.25, 0.3) is 17.7 Å². The third-order valence-electron chi connectivity index (χ3n) is 5.66. The molecule has 34 heavy (non-hydrogen) atoms. The fraction of sp³-hybridized carbons (Fsp3) is 0.320. The topological polar surface area (TPSA) is 111 Å². The summed E-state index contributed by atoms with van der Waals surface area (Å²) in [5.74, 6) is 3.90. The lowest BCUT2D eigenvalue weighted by Gasteiger charge is -2.38. The molecule has 3 rings (SSSR count). The summed E-state index contributed by atoms with van der Waals surface area (Å²) in [6.07, 6.45) is 0.338. The molecule has 0 radical (unpaired) electrons. The molecule has 1 aliphatic rings. The number of likely N-dealkylation sites (tertiary alicyclic amines) is 1. The molecule has 0 saturated carbocycles. The fourth-order valence-corrected chi connectivity index (χ4v) is 3.58. The summed E-state index contributed by atoms with van der Waals surface area (Å²) in [7, 11) is 4.39. The maximum atomic E-state index is 12.7. The maximum Gasteiger partial charge on any atom is 0.275 e. The molecule has 9 heteroatoms. The average molecular weight is 465 g/mol. The fourth-order valence-electron chi connectivity index (χ4n) is 3.58. The number of hydroxylamine groups is 1. The lowest BCUT2D eigenvalue weighted by molar-refractivity contribution is -0.140. The van der Waals surface area contributed by atoms with Gasteiger partial charge in [0.15, 0.2) is 6.04 Å². The summed E-state index contributed by atoms with van der Waals surface area (Å²) in [5, 5.41) is 11.2. The average Bonchev–Trinajstić information content (AvgIpc) is 2.84. The van der Waals surface area contributed by atoms with Crippen LogP contribution in [-0.4, -0.2) is 79.2 Å². The predicted molar refractivity (Wildman–Crippen MR) is 125 cm³/mol. The second-order valence-electron chi connectivity index (χ2n) is 7.98. The molecule has 178 valence electrons. The molecule has 3 N–H and O–H groups in total. The van der Waals surface area contributed by atoms with Gasteiger partial charge in [-0.3, -0.25) is 24.5 Å². The van der Waals surface area contributed by atoms with Gasteiger partial charge in [0.05, 0.1) is 6.10 Å². The Labute approximate surface area is 198 Å². The molecule has 0 aromatic heterocycles. The van der Waals surface area contributed by atoms with Gasteiger partial charge < -0.3 is 15.0 Å². The number of carbonyl (C=O) groups is 3. The van der Waals surface area contributed by atoms with Crippen molar-refractivity contribution < 1.29 is 24.3 Å². The Bertz CT molecular complexity index is 1070. The third kappa shape index (κ3) is 5.99. The number of nitrogens with one attached hydrogen (secondary N) is 2. The number of hydrogen-bond acceptors (Lipinski definition) is 6. The van der Waals surface area contributed by atoms with Crippen molar-refractivity contribution in [3.8, 4) is 11.8 Å². The van der Waals surface area contributed by atoms with Crippen molar-refractivity contribution in [1.82, 2.24) is 20.6 Å². The number of benzene rings is 2. The first-order chi connectivity index (χ1) is 16.4. The molecule has 1 fully saturated rings. The minimum Gasteiger partial charge on any atom is -0.379 e. The van der Waals surface area contributed by atoms with E-state index in [2.05, 4.69) is 34.2 Å². The number of amides is 3. The van der Waals surface area contributed by atoms with Gasteiger partial charge >= 0.3 is 0 Å². The van der Waals surface area contributed by atoms with Gasteiger partial charge in [-0.15, -0.1) is 0 Å². The molecule has 1 saturated heterocycles. The zero-order valence-corrected chi connectivity index (χ0v) is 19.4. The minimum atomic E-state index is -1.51. The van der Waals surface area contributed by atoms with E-state index in [1.165, 1.54) is 25.1 Å². The van der Waals surface area contributed by atoms with Gasteiger partial charge in [-0.1, -0.05) is 24.0 Å². The van der Waals surface area contributed by atoms with E-state index in [4.69, 9.17) is 9.94 Å². The van der Waals surface area contributed by atoms with Crippen molar-refractivity contribution in [2.75, 3.05) is 34.3 Å². The zero-order valence-electron chi connectivity index (χ0n) is 19.4. The number of likely N-dealkylation sites (N-methyl/N-ethyl adjacent to an activating group) is 2. The quantitative estimate of drug-likeness (QED) is 0.240. The number of hydrogen-bond donors (Lipinski definition) is 3. The van der Waals surface area contributed by atoms with Crippen molar-refractivity contribution in [3.63, 3.8) is 0 Å². The molecule has 9 nitrogen and oxygen atoms in total. The Balaban J connectivity index is 1.62. The van der Waals surface area contributed by atoms with Crippen LogP contribution in [0, 0.1) is 11.8 Å². The molecule has 0 spiro atoms. The molecule has 3 amide bonds. The van der Waals surface area contributed by atoms with Crippen molar-refractivity contribution in [2.45, 2.75) is 18.7 Å². The third-order valence-corrected chi connectivity index (χ3v) is 5.66. The predicted octanol–water partition coefficient (Wildman–Crippen LogP) is 0.609. The lowest BCUT2D eigenvalue weighted by Crippen LogP contribution is -2.54. The van der Waals surface area contributed by atoms with E-state index in [0.29, 0.717) is 11.7 Å². The van der Waals surface area contributed by atoms with Crippen LogP contribution in [0.25, 0.3) is 0 Å². The Morgan fingerprint density at radius 2 is 1.62 bits per heavy atom. The normalized spacial score (nSPS) is 14.2. The van der Waals surface area contributed by atoms with Crippen molar-refractivity contribution in [3.05, 3.63) is 70.8 Å². The van der Waals surface area contributed by atoms with Gasteiger partial charge in [0.1, 0.15) is 0 Å². The van der Waals surface area contributed by atoms with E-state index < -0.39 is 23.8 Å². The number of ether oxygens (including phenoxy) is 1.